The molecule has 4 rings (SSSR count). The first-order valence-corrected chi connectivity index (χ1v) is 8.41. The lowest BCUT2D eigenvalue weighted by Crippen LogP contribution is -2.06. The van der Waals surface area contributed by atoms with Crippen molar-refractivity contribution in [3.8, 4) is 11.5 Å². The van der Waals surface area contributed by atoms with Gasteiger partial charge in [-0.1, -0.05) is 17.3 Å². The van der Waals surface area contributed by atoms with Crippen LogP contribution in [0.25, 0.3) is 11.5 Å². The molecule has 7 nitrogen and oxygen atoms in total. The number of halogens is 1. The molecule has 1 N–H and O–H groups in total. The van der Waals surface area contributed by atoms with Crippen LogP contribution in [0.15, 0.2) is 59.5 Å². The third-order valence-electron chi connectivity index (χ3n) is 4.10. The smallest absolute Gasteiger partial charge is 0.259 e. The van der Waals surface area contributed by atoms with Gasteiger partial charge in [0.1, 0.15) is 17.5 Å². The quantitative estimate of drug-likeness (QED) is 0.566. The van der Waals surface area contributed by atoms with Gasteiger partial charge in [-0.15, -0.1) is 0 Å². The van der Waals surface area contributed by atoms with E-state index in [1.54, 1.807) is 24.5 Å². The predicted octanol–water partition coefficient (Wildman–Crippen LogP) is 3.21. The number of benzene rings is 1. The van der Waals surface area contributed by atoms with E-state index >= 15 is 0 Å². The first-order valence-electron chi connectivity index (χ1n) is 8.41. The van der Waals surface area contributed by atoms with Gasteiger partial charge in [0.25, 0.3) is 5.89 Å². The molecule has 0 bridgehead atoms. The highest BCUT2D eigenvalue weighted by Gasteiger charge is 2.10. The van der Waals surface area contributed by atoms with E-state index in [-0.39, 0.29) is 5.82 Å². The Morgan fingerprint density at radius 2 is 1.96 bits per heavy atom. The molecule has 4 aromatic rings. The number of aryl methyl sites for hydroxylation is 1. The van der Waals surface area contributed by atoms with Gasteiger partial charge in [0.2, 0.25) is 0 Å². The van der Waals surface area contributed by atoms with Gasteiger partial charge < -0.3 is 14.4 Å². The van der Waals surface area contributed by atoms with Crippen LogP contribution in [0.2, 0.25) is 0 Å². The highest BCUT2D eigenvalue weighted by Crippen LogP contribution is 2.19. The Labute approximate surface area is 154 Å². The summed E-state index contributed by atoms with van der Waals surface area (Å²) in [6.07, 6.45) is 5.80. The summed E-state index contributed by atoms with van der Waals surface area (Å²) in [5, 5.41) is 7.20. The summed E-state index contributed by atoms with van der Waals surface area (Å²) in [6.45, 7) is 0.582. The molecule has 0 fully saturated rings. The fourth-order valence-electron chi connectivity index (χ4n) is 2.59. The average molecular weight is 364 g/mol. The second-order valence-electron chi connectivity index (χ2n) is 6.06. The zero-order chi connectivity index (χ0) is 18.6. The number of aromatic nitrogens is 5. The SMILES string of the molecule is Cn1ccnc1CNc1ccc(-c2nc(Cc3ccc(F)cc3)no2)cn1. The molecule has 0 amide bonds. The average Bonchev–Trinajstić information content (AvgIpc) is 3.31. The third-order valence-corrected chi connectivity index (χ3v) is 4.10. The Morgan fingerprint density at radius 3 is 2.67 bits per heavy atom. The molecular formula is C19H17FN6O. The summed E-state index contributed by atoms with van der Waals surface area (Å²) >= 11 is 0. The second kappa shape index (κ2) is 7.36. The number of rotatable bonds is 6. The van der Waals surface area contributed by atoms with Crippen molar-refractivity contribution in [3.05, 3.63) is 78.0 Å². The van der Waals surface area contributed by atoms with Gasteiger partial charge in [0.15, 0.2) is 5.82 Å². The fraction of sp³-hybridized carbons (Fsp3) is 0.158. The number of imidazole rings is 1. The minimum absolute atomic E-state index is 0.268. The van der Waals surface area contributed by atoms with Gasteiger partial charge in [-0.2, -0.15) is 4.98 Å². The highest BCUT2D eigenvalue weighted by molar-refractivity contribution is 5.54. The fourth-order valence-corrected chi connectivity index (χ4v) is 2.59. The Balaban J connectivity index is 1.41. The van der Waals surface area contributed by atoms with Crippen molar-refractivity contribution in [2.75, 3.05) is 5.32 Å². The topological polar surface area (TPSA) is 81.7 Å². The number of hydrogen-bond donors (Lipinski definition) is 1. The van der Waals surface area contributed by atoms with Crippen LogP contribution in [0.5, 0.6) is 0 Å². The van der Waals surface area contributed by atoms with Crippen molar-refractivity contribution in [3.63, 3.8) is 0 Å². The Morgan fingerprint density at radius 1 is 1.11 bits per heavy atom. The Hall–Kier alpha value is -3.55. The molecule has 136 valence electrons. The summed E-state index contributed by atoms with van der Waals surface area (Å²) in [4.78, 5) is 13.0. The third kappa shape index (κ3) is 4.00. The molecule has 0 aliphatic heterocycles. The van der Waals surface area contributed by atoms with E-state index in [1.807, 2.05) is 29.9 Å². The molecule has 3 heterocycles. The highest BCUT2D eigenvalue weighted by atomic mass is 19.1. The van der Waals surface area contributed by atoms with Crippen molar-refractivity contribution in [1.29, 1.82) is 0 Å². The van der Waals surface area contributed by atoms with Crippen LogP contribution in [-0.2, 0) is 20.0 Å². The van der Waals surface area contributed by atoms with Crippen LogP contribution in [0.1, 0.15) is 17.2 Å². The Bertz CT molecular complexity index is 1020. The maximum Gasteiger partial charge on any atom is 0.259 e. The van der Waals surface area contributed by atoms with Crippen LogP contribution >= 0.6 is 0 Å². The number of hydrogen-bond acceptors (Lipinski definition) is 6. The largest absolute Gasteiger partial charge is 0.363 e. The van der Waals surface area contributed by atoms with Gasteiger partial charge in [0.05, 0.1) is 12.1 Å². The van der Waals surface area contributed by atoms with Crippen LogP contribution in [0.4, 0.5) is 10.2 Å². The molecule has 0 aliphatic carbocycles. The molecule has 3 aromatic heterocycles. The van der Waals surface area contributed by atoms with E-state index in [9.17, 15) is 4.39 Å². The lowest BCUT2D eigenvalue weighted by atomic mass is 10.1. The molecule has 0 spiro atoms. The van der Waals surface area contributed by atoms with Gasteiger partial charge in [-0.3, -0.25) is 0 Å². The van der Waals surface area contributed by atoms with E-state index < -0.39 is 0 Å². The summed E-state index contributed by atoms with van der Waals surface area (Å²) in [5.41, 5.74) is 1.64. The molecule has 0 atom stereocenters. The molecule has 8 heteroatoms. The van der Waals surface area contributed by atoms with Gasteiger partial charge in [-0.25, -0.2) is 14.4 Å². The van der Waals surface area contributed by atoms with E-state index in [0.29, 0.717) is 24.7 Å². The van der Waals surface area contributed by atoms with Crippen LogP contribution < -0.4 is 5.32 Å². The summed E-state index contributed by atoms with van der Waals surface area (Å²) in [5.74, 6) is 2.31. The number of nitrogens with zero attached hydrogens (tertiary/aromatic N) is 5. The van der Waals surface area contributed by atoms with Gasteiger partial charge in [-0.05, 0) is 29.8 Å². The van der Waals surface area contributed by atoms with E-state index in [0.717, 1.165) is 22.8 Å². The van der Waals surface area contributed by atoms with E-state index in [1.165, 1.54) is 12.1 Å². The maximum atomic E-state index is 13.0. The molecule has 0 saturated heterocycles. The monoisotopic (exact) mass is 364 g/mol. The lowest BCUT2D eigenvalue weighted by molar-refractivity contribution is 0.424. The molecule has 0 radical (unpaired) electrons. The summed E-state index contributed by atoms with van der Waals surface area (Å²) in [6, 6.07) is 9.95. The second-order valence-corrected chi connectivity index (χ2v) is 6.06. The van der Waals surface area contributed by atoms with Gasteiger partial charge in [0, 0.05) is 32.1 Å². The van der Waals surface area contributed by atoms with Crippen LogP contribution in [0.3, 0.4) is 0 Å². The molecule has 0 saturated carbocycles. The van der Waals surface area contributed by atoms with Crippen molar-refractivity contribution in [2.24, 2.45) is 7.05 Å². The normalized spacial score (nSPS) is 10.9. The van der Waals surface area contributed by atoms with Gasteiger partial charge >= 0.3 is 0 Å². The van der Waals surface area contributed by atoms with Crippen molar-refractivity contribution < 1.29 is 8.91 Å². The summed E-state index contributed by atoms with van der Waals surface area (Å²) < 4.78 is 20.2. The number of pyridine rings is 1. The molecular weight excluding hydrogens is 347 g/mol. The standard InChI is InChI=1S/C19H17FN6O/c1-26-9-8-21-18(26)12-23-16-7-4-14(11-22-16)19-24-17(25-27-19)10-13-2-5-15(20)6-3-13/h2-9,11H,10,12H2,1H3,(H,22,23). The van der Waals surface area contributed by atoms with Crippen molar-refractivity contribution in [1.82, 2.24) is 24.7 Å². The molecule has 0 aliphatic rings. The van der Waals surface area contributed by atoms with E-state index in [2.05, 4.69) is 25.4 Å². The van der Waals surface area contributed by atoms with Crippen molar-refractivity contribution in [2.45, 2.75) is 13.0 Å². The molecule has 0 unspecified atom stereocenters. The minimum Gasteiger partial charge on any atom is -0.363 e. The molecule has 27 heavy (non-hydrogen) atoms. The first kappa shape index (κ1) is 16.9. The van der Waals surface area contributed by atoms with Crippen LogP contribution in [-0.4, -0.2) is 24.7 Å². The zero-order valence-corrected chi connectivity index (χ0v) is 14.6. The van der Waals surface area contributed by atoms with E-state index in [4.69, 9.17) is 4.52 Å². The number of anilines is 1. The number of nitrogens with one attached hydrogen (secondary N) is 1. The predicted molar refractivity (Wildman–Crippen MR) is 97.3 cm³/mol. The minimum atomic E-state index is -0.268. The molecule has 1 aromatic carbocycles. The van der Waals surface area contributed by atoms with Crippen molar-refractivity contribution >= 4 is 5.82 Å². The first-order chi connectivity index (χ1) is 13.2. The Kier molecular flexibility index (Phi) is 4.61. The summed E-state index contributed by atoms with van der Waals surface area (Å²) in [7, 11) is 1.94. The lowest BCUT2D eigenvalue weighted by Gasteiger charge is -2.05. The maximum absolute atomic E-state index is 13.0. The zero-order valence-electron chi connectivity index (χ0n) is 14.6. The van der Waals surface area contributed by atoms with Crippen LogP contribution in [0, 0.1) is 5.82 Å².